The van der Waals surface area contributed by atoms with Gasteiger partial charge in [0, 0.05) is 5.38 Å². The fraction of sp³-hybridized carbons (Fsp3) is 0.412. The van der Waals surface area contributed by atoms with Gasteiger partial charge in [0.05, 0.1) is 26.9 Å². The zero-order valence-electron chi connectivity index (χ0n) is 13.4. The van der Waals surface area contributed by atoms with E-state index in [1.54, 1.807) is 17.6 Å². The molecule has 3 rings (SSSR count). The van der Waals surface area contributed by atoms with Gasteiger partial charge in [-0.2, -0.15) is 5.10 Å². The van der Waals surface area contributed by atoms with E-state index in [4.69, 9.17) is 4.99 Å². The van der Waals surface area contributed by atoms with Crippen LogP contribution in [0.2, 0.25) is 0 Å². The maximum Gasteiger partial charge on any atom is 0.206 e. The van der Waals surface area contributed by atoms with Gasteiger partial charge in [0.25, 0.3) is 0 Å². The number of phenolic OH excluding ortho intramolecular Hbond substituents is 1. The molecule has 0 bridgehead atoms. The third kappa shape index (κ3) is 4.18. The molecular weight excluding hydrogens is 454 g/mol. The number of phenols is 1. The van der Waals surface area contributed by atoms with E-state index < -0.39 is 0 Å². The minimum atomic E-state index is 0.194. The molecule has 1 fully saturated rings. The maximum absolute atomic E-state index is 9.80. The Bertz CT molecular complexity index is 796. The molecule has 7 heteroatoms. The highest BCUT2D eigenvalue weighted by atomic mass is 79.9. The lowest BCUT2D eigenvalue weighted by atomic mass is 9.96. The molecule has 24 heavy (non-hydrogen) atoms. The zero-order valence-corrected chi connectivity index (χ0v) is 17.4. The lowest BCUT2D eigenvalue weighted by Crippen LogP contribution is -2.19. The Hall–Kier alpha value is -0.920. The van der Waals surface area contributed by atoms with Gasteiger partial charge in [-0.15, -0.1) is 11.3 Å². The molecule has 0 radical (unpaired) electrons. The van der Waals surface area contributed by atoms with Crippen molar-refractivity contribution in [1.29, 1.82) is 0 Å². The molecular formula is C17H19Br2N3OS. The van der Waals surface area contributed by atoms with Gasteiger partial charge in [-0.3, -0.25) is 4.99 Å². The van der Waals surface area contributed by atoms with Crippen LogP contribution in [0.15, 0.2) is 36.6 Å². The van der Waals surface area contributed by atoms with Gasteiger partial charge in [-0.05, 0) is 69.3 Å². The molecule has 2 aromatic rings. The normalized spacial score (nSPS) is 17.0. The fourth-order valence-corrected chi connectivity index (χ4v) is 4.86. The van der Waals surface area contributed by atoms with Gasteiger partial charge < -0.3 is 5.11 Å². The van der Waals surface area contributed by atoms with E-state index in [-0.39, 0.29) is 5.75 Å². The summed E-state index contributed by atoms with van der Waals surface area (Å²) in [6, 6.07) is 4.10. The van der Waals surface area contributed by atoms with Gasteiger partial charge in [-0.25, -0.2) is 4.68 Å². The van der Waals surface area contributed by atoms with Crippen molar-refractivity contribution in [2.45, 2.75) is 45.1 Å². The van der Waals surface area contributed by atoms with Gasteiger partial charge in [0.2, 0.25) is 4.80 Å². The summed E-state index contributed by atoms with van der Waals surface area (Å²) in [7, 11) is 0. The Morgan fingerprint density at radius 1 is 1.21 bits per heavy atom. The number of halogens is 2. The standard InChI is InChI=1S/C17H19Br2N3OS/c1-11-10-24-17(21-13-5-3-2-4-6-13)22(11)20-9-12-7-14(18)16(23)15(19)8-12/h7-10,13,23H,2-6H2,1H3. The number of hydrogen-bond donors (Lipinski definition) is 1. The smallest absolute Gasteiger partial charge is 0.206 e. The SMILES string of the molecule is Cc1csc(=NC2CCCCC2)n1N=Cc1cc(Br)c(O)c(Br)c1. The molecule has 1 aromatic carbocycles. The first-order chi connectivity index (χ1) is 11.5. The zero-order chi connectivity index (χ0) is 17.1. The van der Waals surface area contributed by atoms with Gasteiger partial charge in [-0.1, -0.05) is 19.3 Å². The minimum Gasteiger partial charge on any atom is -0.506 e. The molecule has 1 N–H and O–H groups in total. The lowest BCUT2D eigenvalue weighted by molar-refractivity contribution is 0.435. The first-order valence-electron chi connectivity index (χ1n) is 7.98. The van der Waals surface area contributed by atoms with E-state index in [9.17, 15) is 5.11 Å². The number of aryl methyl sites for hydroxylation is 1. The molecule has 0 saturated heterocycles. The summed E-state index contributed by atoms with van der Waals surface area (Å²) in [6.45, 7) is 2.04. The van der Waals surface area contributed by atoms with E-state index in [2.05, 4.69) is 42.3 Å². The predicted octanol–water partition coefficient (Wildman–Crippen LogP) is 5.20. The summed E-state index contributed by atoms with van der Waals surface area (Å²) in [5, 5.41) is 16.5. The van der Waals surface area contributed by atoms with E-state index in [1.807, 2.05) is 23.7 Å². The number of hydrogen-bond acceptors (Lipinski definition) is 4. The minimum absolute atomic E-state index is 0.194. The van der Waals surface area contributed by atoms with Crippen molar-refractivity contribution in [2.75, 3.05) is 0 Å². The van der Waals surface area contributed by atoms with Crippen LogP contribution in [-0.4, -0.2) is 22.0 Å². The van der Waals surface area contributed by atoms with Crippen molar-refractivity contribution in [3.8, 4) is 5.75 Å². The van der Waals surface area contributed by atoms with Crippen molar-refractivity contribution in [2.24, 2.45) is 10.1 Å². The number of nitrogens with zero attached hydrogens (tertiary/aromatic N) is 3. The van der Waals surface area contributed by atoms with Crippen LogP contribution in [0.4, 0.5) is 0 Å². The monoisotopic (exact) mass is 471 g/mol. The molecule has 1 aliphatic rings. The van der Waals surface area contributed by atoms with Crippen LogP contribution in [0.3, 0.4) is 0 Å². The molecule has 0 spiro atoms. The highest BCUT2D eigenvalue weighted by Gasteiger charge is 2.12. The van der Waals surface area contributed by atoms with E-state index in [1.165, 1.54) is 32.1 Å². The van der Waals surface area contributed by atoms with Crippen molar-refractivity contribution in [3.05, 3.63) is 42.5 Å². The number of rotatable bonds is 3. The first-order valence-corrected chi connectivity index (χ1v) is 10.4. The quantitative estimate of drug-likeness (QED) is 0.612. The second kappa shape index (κ2) is 7.97. The molecule has 4 nitrogen and oxygen atoms in total. The van der Waals surface area contributed by atoms with Crippen LogP contribution in [-0.2, 0) is 0 Å². The number of thiazole rings is 1. The average Bonchev–Trinajstić information content (AvgIpc) is 2.91. The Balaban J connectivity index is 1.90. The van der Waals surface area contributed by atoms with E-state index in [0.29, 0.717) is 15.0 Å². The molecule has 0 amide bonds. The largest absolute Gasteiger partial charge is 0.506 e. The summed E-state index contributed by atoms with van der Waals surface area (Å²) in [4.78, 5) is 5.86. The molecule has 1 aliphatic carbocycles. The molecule has 1 heterocycles. The first kappa shape index (κ1) is 17.9. The van der Waals surface area contributed by atoms with Crippen molar-refractivity contribution in [1.82, 2.24) is 4.68 Å². The molecule has 0 unspecified atom stereocenters. The predicted molar refractivity (Wildman–Crippen MR) is 106 cm³/mol. The van der Waals surface area contributed by atoms with Crippen LogP contribution < -0.4 is 4.80 Å². The lowest BCUT2D eigenvalue weighted by Gasteiger charge is -2.16. The molecule has 128 valence electrons. The van der Waals surface area contributed by atoms with Crippen molar-refractivity contribution < 1.29 is 5.11 Å². The second-order valence-corrected chi connectivity index (χ2v) is 8.52. The van der Waals surface area contributed by atoms with Gasteiger partial charge >= 0.3 is 0 Å². The van der Waals surface area contributed by atoms with Crippen LogP contribution in [0.25, 0.3) is 0 Å². The van der Waals surface area contributed by atoms with E-state index >= 15 is 0 Å². The summed E-state index contributed by atoms with van der Waals surface area (Å²) >= 11 is 8.33. The van der Waals surface area contributed by atoms with Crippen molar-refractivity contribution in [3.63, 3.8) is 0 Å². The van der Waals surface area contributed by atoms with Crippen molar-refractivity contribution >= 4 is 49.4 Å². The highest BCUT2D eigenvalue weighted by molar-refractivity contribution is 9.11. The van der Waals surface area contributed by atoms with Crippen LogP contribution in [0, 0.1) is 6.92 Å². The molecule has 1 aromatic heterocycles. The van der Waals surface area contributed by atoms with Crippen LogP contribution in [0.1, 0.15) is 43.4 Å². The van der Waals surface area contributed by atoms with E-state index in [0.717, 1.165) is 16.1 Å². The Labute approximate surface area is 162 Å². The summed E-state index contributed by atoms with van der Waals surface area (Å²) in [5.74, 6) is 0.194. The second-order valence-electron chi connectivity index (χ2n) is 5.97. The average molecular weight is 473 g/mol. The topological polar surface area (TPSA) is 49.9 Å². The third-order valence-electron chi connectivity index (χ3n) is 4.08. The molecule has 0 aliphatic heterocycles. The highest BCUT2D eigenvalue weighted by Crippen LogP contribution is 2.32. The Morgan fingerprint density at radius 2 is 1.88 bits per heavy atom. The number of aromatic nitrogens is 1. The number of benzene rings is 1. The Kier molecular flexibility index (Phi) is 5.94. The van der Waals surface area contributed by atoms with Crippen LogP contribution >= 0.6 is 43.2 Å². The van der Waals surface area contributed by atoms with Crippen LogP contribution in [0.5, 0.6) is 5.75 Å². The van der Waals surface area contributed by atoms with Gasteiger partial charge in [0.1, 0.15) is 5.75 Å². The number of aromatic hydroxyl groups is 1. The Morgan fingerprint density at radius 3 is 2.54 bits per heavy atom. The summed E-state index contributed by atoms with van der Waals surface area (Å²) in [6.07, 6.45) is 8.03. The summed E-state index contributed by atoms with van der Waals surface area (Å²) in [5.41, 5.74) is 1.97. The maximum atomic E-state index is 9.80. The fourth-order valence-electron chi connectivity index (χ4n) is 2.76. The van der Waals surface area contributed by atoms with Gasteiger partial charge in [0.15, 0.2) is 0 Å². The molecule has 0 atom stereocenters. The summed E-state index contributed by atoms with van der Waals surface area (Å²) < 4.78 is 3.17. The third-order valence-corrected chi connectivity index (χ3v) is 6.24. The molecule has 1 saturated carbocycles.